The summed E-state index contributed by atoms with van der Waals surface area (Å²) in [7, 11) is 1.31. The number of esters is 1. The Bertz CT molecular complexity index is 895. The number of nitrogens with one attached hydrogen (secondary N) is 1. The van der Waals surface area contributed by atoms with Crippen molar-refractivity contribution < 1.29 is 19.1 Å². The SMILES string of the molecule is COC(=O)C1=C2C(=O)NCCN2C2=C(C(=O)CCC2)[C@H]1c1ccc(C)cc1. The van der Waals surface area contributed by atoms with Crippen LogP contribution in [-0.2, 0) is 19.1 Å². The van der Waals surface area contributed by atoms with Crippen LogP contribution >= 0.6 is 0 Å². The molecule has 6 heteroatoms. The van der Waals surface area contributed by atoms with Gasteiger partial charge in [0.15, 0.2) is 5.78 Å². The van der Waals surface area contributed by atoms with Crippen molar-refractivity contribution in [3.8, 4) is 0 Å². The zero-order chi connectivity index (χ0) is 19.1. The number of benzene rings is 1. The van der Waals surface area contributed by atoms with Crippen LogP contribution in [0.1, 0.15) is 36.3 Å². The molecule has 0 radical (unpaired) electrons. The Kier molecular flexibility index (Phi) is 4.34. The van der Waals surface area contributed by atoms with Crippen LogP contribution < -0.4 is 5.32 Å². The zero-order valence-corrected chi connectivity index (χ0v) is 15.5. The second kappa shape index (κ2) is 6.68. The van der Waals surface area contributed by atoms with Crippen LogP contribution in [0.25, 0.3) is 0 Å². The van der Waals surface area contributed by atoms with Crippen molar-refractivity contribution in [2.75, 3.05) is 20.2 Å². The largest absolute Gasteiger partial charge is 0.466 e. The van der Waals surface area contributed by atoms with Gasteiger partial charge >= 0.3 is 5.97 Å². The maximum absolute atomic E-state index is 12.9. The molecule has 1 saturated heterocycles. The third-order valence-corrected chi connectivity index (χ3v) is 5.51. The van der Waals surface area contributed by atoms with Crippen LogP contribution in [0.4, 0.5) is 0 Å². The highest BCUT2D eigenvalue weighted by Gasteiger charge is 2.45. The van der Waals surface area contributed by atoms with Crippen LogP contribution in [0.15, 0.2) is 46.8 Å². The number of fused-ring (bicyclic) bond motifs is 2. The third-order valence-electron chi connectivity index (χ3n) is 5.51. The summed E-state index contributed by atoms with van der Waals surface area (Å²) < 4.78 is 5.04. The van der Waals surface area contributed by atoms with Crippen LogP contribution in [0.2, 0.25) is 0 Å². The van der Waals surface area contributed by atoms with Gasteiger partial charge in [-0.3, -0.25) is 9.59 Å². The van der Waals surface area contributed by atoms with Gasteiger partial charge in [0.1, 0.15) is 5.70 Å². The first-order valence-electron chi connectivity index (χ1n) is 9.24. The first kappa shape index (κ1) is 17.5. The summed E-state index contributed by atoms with van der Waals surface area (Å²) in [4.78, 5) is 40.3. The maximum atomic E-state index is 12.9. The van der Waals surface area contributed by atoms with E-state index in [1.165, 1.54) is 7.11 Å². The fourth-order valence-corrected chi connectivity index (χ4v) is 4.29. The number of rotatable bonds is 2. The maximum Gasteiger partial charge on any atom is 0.337 e. The van der Waals surface area contributed by atoms with Crippen molar-refractivity contribution >= 4 is 17.7 Å². The molecule has 27 heavy (non-hydrogen) atoms. The van der Waals surface area contributed by atoms with Crippen molar-refractivity contribution in [2.45, 2.75) is 32.1 Å². The van der Waals surface area contributed by atoms with E-state index in [1.807, 2.05) is 36.1 Å². The summed E-state index contributed by atoms with van der Waals surface area (Å²) in [6, 6.07) is 7.75. The minimum absolute atomic E-state index is 0.0493. The van der Waals surface area contributed by atoms with Crippen LogP contribution in [0.5, 0.6) is 0 Å². The molecule has 2 aliphatic heterocycles. The Morgan fingerprint density at radius 1 is 1.19 bits per heavy atom. The minimum Gasteiger partial charge on any atom is -0.466 e. The lowest BCUT2D eigenvalue weighted by atomic mass is 9.74. The molecule has 0 spiro atoms. The zero-order valence-electron chi connectivity index (χ0n) is 15.5. The van der Waals surface area contributed by atoms with Gasteiger partial charge in [0.05, 0.1) is 12.7 Å². The number of hydrogen-bond acceptors (Lipinski definition) is 5. The lowest BCUT2D eigenvalue weighted by Gasteiger charge is -2.43. The predicted octanol–water partition coefficient (Wildman–Crippen LogP) is 1.96. The number of hydrogen-bond donors (Lipinski definition) is 1. The summed E-state index contributed by atoms with van der Waals surface area (Å²) in [5, 5.41) is 2.82. The number of ether oxygens (including phenoxy) is 1. The molecule has 140 valence electrons. The fraction of sp³-hybridized carbons (Fsp3) is 0.381. The Labute approximate surface area is 157 Å². The van der Waals surface area contributed by atoms with E-state index in [0.717, 1.165) is 29.7 Å². The van der Waals surface area contributed by atoms with Gasteiger partial charge in [-0.25, -0.2) is 4.79 Å². The number of carbonyl (C=O) groups is 3. The number of ketones is 1. The Balaban J connectivity index is 2.00. The Morgan fingerprint density at radius 3 is 2.63 bits per heavy atom. The van der Waals surface area contributed by atoms with E-state index in [4.69, 9.17) is 4.74 Å². The number of piperazine rings is 1. The highest BCUT2D eigenvalue weighted by molar-refractivity contribution is 6.09. The van der Waals surface area contributed by atoms with Gasteiger partial charge < -0.3 is 15.0 Å². The molecule has 1 amide bonds. The summed E-state index contributed by atoms with van der Waals surface area (Å²) in [6.45, 7) is 3.02. The smallest absolute Gasteiger partial charge is 0.337 e. The second-order valence-electron chi connectivity index (χ2n) is 7.14. The summed E-state index contributed by atoms with van der Waals surface area (Å²) in [6.07, 6.45) is 1.96. The molecular formula is C21H22N2O4. The van der Waals surface area contributed by atoms with E-state index in [1.54, 1.807) is 0 Å². The number of allylic oxidation sites excluding steroid dienone is 2. The average Bonchev–Trinajstić information content (AvgIpc) is 2.68. The topological polar surface area (TPSA) is 75.7 Å². The molecular weight excluding hydrogens is 344 g/mol. The molecule has 1 aromatic carbocycles. The molecule has 1 aromatic rings. The van der Waals surface area contributed by atoms with Crippen molar-refractivity contribution in [1.82, 2.24) is 10.2 Å². The van der Waals surface area contributed by atoms with Crippen LogP contribution in [0, 0.1) is 6.92 Å². The summed E-state index contributed by atoms with van der Waals surface area (Å²) in [5.41, 5.74) is 4.02. The molecule has 2 heterocycles. The number of Topliss-reactive ketones (excluding diaryl/α,β-unsaturated/α-hetero) is 1. The van der Waals surface area contributed by atoms with E-state index in [0.29, 0.717) is 30.8 Å². The molecule has 0 unspecified atom stereocenters. The van der Waals surface area contributed by atoms with E-state index in [2.05, 4.69) is 5.32 Å². The summed E-state index contributed by atoms with van der Waals surface area (Å²) in [5.74, 6) is -1.38. The van der Waals surface area contributed by atoms with Gasteiger partial charge in [-0.1, -0.05) is 29.8 Å². The van der Waals surface area contributed by atoms with Gasteiger partial charge in [-0.05, 0) is 25.3 Å². The standard InChI is InChI=1S/C21H22N2O4/c1-12-6-8-13(9-7-12)16-17-14(4-3-5-15(17)24)23-11-10-22-20(25)19(23)18(16)21(26)27-2/h6-9,16H,3-5,10-11H2,1-2H3,(H,22,25)/t16-/m1/s1. The molecule has 3 aliphatic rings. The van der Waals surface area contributed by atoms with Gasteiger partial charge in [0.2, 0.25) is 0 Å². The average molecular weight is 366 g/mol. The van der Waals surface area contributed by atoms with E-state index < -0.39 is 11.9 Å². The van der Waals surface area contributed by atoms with Gasteiger partial charge in [0.25, 0.3) is 5.91 Å². The van der Waals surface area contributed by atoms with Gasteiger partial charge in [-0.2, -0.15) is 0 Å². The van der Waals surface area contributed by atoms with Gasteiger partial charge in [0, 0.05) is 36.7 Å². The third kappa shape index (κ3) is 2.76. The van der Waals surface area contributed by atoms with Gasteiger partial charge in [-0.15, -0.1) is 0 Å². The molecule has 0 bridgehead atoms. The molecule has 1 atom stereocenters. The van der Waals surface area contributed by atoms with Crippen molar-refractivity contribution in [1.29, 1.82) is 0 Å². The quantitative estimate of drug-likeness (QED) is 0.810. The van der Waals surface area contributed by atoms with E-state index >= 15 is 0 Å². The van der Waals surface area contributed by atoms with E-state index in [-0.39, 0.29) is 17.3 Å². The first-order valence-corrected chi connectivity index (χ1v) is 9.24. The van der Waals surface area contributed by atoms with Crippen molar-refractivity contribution in [3.05, 3.63) is 57.9 Å². The minimum atomic E-state index is -0.573. The number of carbonyl (C=O) groups excluding carboxylic acids is 3. The monoisotopic (exact) mass is 366 g/mol. The Morgan fingerprint density at radius 2 is 1.93 bits per heavy atom. The molecule has 1 fully saturated rings. The van der Waals surface area contributed by atoms with Crippen LogP contribution in [-0.4, -0.2) is 42.8 Å². The highest BCUT2D eigenvalue weighted by atomic mass is 16.5. The Hall–Kier alpha value is -2.89. The normalized spacial score (nSPS) is 22.3. The molecule has 1 N–H and O–H groups in total. The molecule has 0 saturated carbocycles. The lowest BCUT2D eigenvalue weighted by Crippen LogP contribution is -2.50. The molecule has 1 aliphatic carbocycles. The first-order chi connectivity index (χ1) is 13.0. The predicted molar refractivity (Wildman–Crippen MR) is 98.6 cm³/mol. The molecule has 4 rings (SSSR count). The fourth-order valence-electron chi connectivity index (χ4n) is 4.29. The van der Waals surface area contributed by atoms with E-state index in [9.17, 15) is 14.4 Å². The molecule has 0 aromatic heterocycles. The number of nitrogens with zero attached hydrogens (tertiary/aromatic N) is 1. The highest BCUT2D eigenvalue weighted by Crippen LogP contribution is 2.46. The number of aryl methyl sites for hydroxylation is 1. The van der Waals surface area contributed by atoms with Crippen molar-refractivity contribution in [2.24, 2.45) is 0 Å². The lowest BCUT2D eigenvalue weighted by molar-refractivity contribution is -0.137. The summed E-state index contributed by atoms with van der Waals surface area (Å²) >= 11 is 0. The van der Waals surface area contributed by atoms with Crippen LogP contribution in [0.3, 0.4) is 0 Å². The molecule has 6 nitrogen and oxygen atoms in total. The number of methoxy groups -OCH3 is 1. The number of amides is 1. The second-order valence-corrected chi connectivity index (χ2v) is 7.14. The van der Waals surface area contributed by atoms with Crippen molar-refractivity contribution in [3.63, 3.8) is 0 Å².